The number of hydrogen-bond acceptors (Lipinski definition) is 1. The van der Waals surface area contributed by atoms with Crippen LogP contribution >= 0.6 is 0 Å². The van der Waals surface area contributed by atoms with Gasteiger partial charge in [0, 0.05) is 0 Å². The van der Waals surface area contributed by atoms with Gasteiger partial charge in [-0.3, -0.25) is 0 Å². The molecule has 2 rings (SSSR count). The van der Waals surface area contributed by atoms with E-state index < -0.39 is 0 Å². The third-order valence-corrected chi connectivity index (χ3v) is 5.41. The molecule has 2 saturated carbocycles. The molecule has 0 saturated heterocycles. The van der Waals surface area contributed by atoms with E-state index in [2.05, 4.69) is 13.8 Å². The maximum atomic E-state index is 9.60. The molecule has 1 N–H and O–H groups in total. The van der Waals surface area contributed by atoms with E-state index in [1.165, 1.54) is 44.9 Å². The van der Waals surface area contributed by atoms with Gasteiger partial charge in [0.05, 0.1) is 6.10 Å². The molecule has 1 heteroatoms. The van der Waals surface area contributed by atoms with Crippen LogP contribution in [0.2, 0.25) is 0 Å². The molecule has 94 valence electrons. The van der Waals surface area contributed by atoms with Crippen LogP contribution in [0.4, 0.5) is 0 Å². The Kier molecular flexibility index (Phi) is 3.94. The summed E-state index contributed by atoms with van der Waals surface area (Å²) in [5.41, 5.74) is 0.514. The van der Waals surface area contributed by atoms with E-state index in [0.717, 1.165) is 24.7 Å². The fraction of sp³-hybridized carbons (Fsp3) is 1.00. The predicted octanol–water partition coefficient (Wildman–Crippen LogP) is 4.14. The smallest absolute Gasteiger partial charge is 0.0540 e. The Morgan fingerprint density at radius 1 is 0.750 bits per heavy atom. The molecule has 0 aromatic carbocycles. The lowest BCUT2D eigenvalue weighted by Gasteiger charge is -2.45. The van der Waals surface area contributed by atoms with Crippen molar-refractivity contribution in [1.82, 2.24) is 0 Å². The van der Waals surface area contributed by atoms with Gasteiger partial charge >= 0.3 is 0 Å². The number of hydrogen-bond donors (Lipinski definition) is 1. The van der Waals surface area contributed by atoms with Gasteiger partial charge in [0.1, 0.15) is 0 Å². The van der Waals surface area contributed by atoms with Crippen molar-refractivity contribution in [3.8, 4) is 0 Å². The lowest BCUT2D eigenvalue weighted by atomic mass is 9.61. The molecule has 0 amide bonds. The first-order valence-electron chi connectivity index (χ1n) is 7.29. The van der Waals surface area contributed by atoms with Gasteiger partial charge in [-0.1, -0.05) is 33.1 Å². The highest BCUT2D eigenvalue weighted by Crippen LogP contribution is 2.48. The van der Waals surface area contributed by atoms with Gasteiger partial charge in [0.15, 0.2) is 0 Å². The third-order valence-electron chi connectivity index (χ3n) is 5.41. The monoisotopic (exact) mass is 224 g/mol. The molecule has 2 fully saturated rings. The van der Waals surface area contributed by atoms with Gasteiger partial charge in [0.25, 0.3) is 0 Å². The summed E-state index contributed by atoms with van der Waals surface area (Å²) < 4.78 is 0. The summed E-state index contributed by atoms with van der Waals surface area (Å²) in [7, 11) is 0. The van der Waals surface area contributed by atoms with Gasteiger partial charge in [-0.2, -0.15) is 0 Å². The molecule has 2 aliphatic carbocycles. The summed E-state index contributed by atoms with van der Waals surface area (Å²) in [5, 5.41) is 9.60. The van der Waals surface area contributed by atoms with Crippen molar-refractivity contribution in [2.24, 2.45) is 17.3 Å². The third kappa shape index (κ3) is 2.61. The normalized spacial score (nSPS) is 33.9. The maximum absolute atomic E-state index is 9.60. The van der Waals surface area contributed by atoms with Gasteiger partial charge in [0.2, 0.25) is 0 Å². The topological polar surface area (TPSA) is 20.2 Å². The summed E-state index contributed by atoms with van der Waals surface area (Å²) in [6, 6.07) is 0. The van der Waals surface area contributed by atoms with Crippen LogP contribution in [0, 0.1) is 17.3 Å². The molecule has 0 radical (unpaired) electrons. The quantitative estimate of drug-likeness (QED) is 0.747. The highest BCUT2D eigenvalue weighted by molar-refractivity contribution is 4.89. The largest absolute Gasteiger partial charge is 0.393 e. The predicted molar refractivity (Wildman–Crippen MR) is 68.3 cm³/mol. The number of rotatable bonds is 2. The molecule has 16 heavy (non-hydrogen) atoms. The highest BCUT2D eigenvalue weighted by atomic mass is 16.3. The first kappa shape index (κ1) is 12.4. The summed E-state index contributed by atoms with van der Waals surface area (Å²) >= 11 is 0. The molecule has 0 bridgehead atoms. The van der Waals surface area contributed by atoms with Crippen molar-refractivity contribution in [3.63, 3.8) is 0 Å². The van der Waals surface area contributed by atoms with Crippen LogP contribution in [0.25, 0.3) is 0 Å². The second-order valence-corrected chi connectivity index (χ2v) is 6.66. The minimum atomic E-state index is -0.00148. The highest BCUT2D eigenvalue weighted by Gasteiger charge is 2.38. The summed E-state index contributed by atoms with van der Waals surface area (Å²) in [6.07, 6.45) is 11.8. The van der Waals surface area contributed by atoms with Crippen LogP contribution in [0.1, 0.15) is 71.6 Å². The van der Waals surface area contributed by atoms with Gasteiger partial charge in [-0.15, -0.1) is 0 Å². The Balaban J connectivity index is 1.94. The molecule has 0 aromatic rings. The summed E-state index contributed by atoms with van der Waals surface area (Å²) in [6.45, 7) is 4.98. The van der Waals surface area contributed by atoms with Crippen molar-refractivity contribution >= 4 is 0 Å². The van der Waals surface area contributed by atoms with Crippen molar-refractivity contribution in [3.05, 3.63) is 0 Å². The minimum Gasteiger partial charge on any atom is -0.393 e. The average molecular weight is 224 g/mol. The molecule has 0 aromatic heterocycles. The second kappa shape index (κ2) is 5.08. The zero-order valence-corrected chi connectivity index (χ0v) is 11.0. The number of aliphatic hydroxyl groups excluding tert-OH is 1. The molecule has 0 aliphatic heterocycles. The zero-order chi connectivity index (χ0) is 11.6. The Bertz CT molecular complexity index is 207. The molecular weight excluding hydrogens is 196 g/mol. The molecule has 0 unspecified atom stereocenters. The Hall–Kier alpha value is -0.0400. The minimum absolute atomic E-state index is 0.00148. The van der Waals surface area contributed by atoms with Gasteiger partial charge in [-0.25, -0.2) is 0 Å². The van der Waals surface area contributed by atoms with Crippen LogP contribution in [0.3, 0.4) is 0 Å². The molecular formula is C15H28O. The fourth-order valence-electron chi connectivity index (χ4n) is 4.00. The summed E-state index contributed by atoms with van der Waals surface area (Å²) in [5.74, 6) is 1.81. The van der Waals surface area contributed by atoms with Crippen molar-refractivity contribution in [1.29, 1.82) is 0 Å². The fourth-order valence-corrected chi connectivity index (χ4v) is 4.00. The van der Waals surface area contributed by atoms with Crippen LogP contribution in [-0.2, 0) is 0 Å². The first-order chi connectivity index (χ1) is 7.60. The molecule has 2 aliphatic rings. The van der Waals surface area contributed by atoms with Crippen molar-refractivity contribution in [2.45, 2.75) is 77.7 Å². The number of aliphatic hydroxyl groups is 1. The van der Waals surface area contributed by atoms with E-state index in [4.69, 9.17) is 0 Å². The standard InChI is InChI=1S/C15H28O/c1-15(2,12-6-4-3-5-7-12)13-8-10-14(16)11-9-13/h12-14,16H,3-11H2,1-2H3. The van der Waals surface area contributed by atoms with E-state index in [0.29, 0.717) is 5.41 Å². The van der Waals surface area contributed by atoms with E-state index in [1.807, 2.05) is 0 Å². The SMILES string of the molecule is CC(C)(C1CCCCC1)C1CCC(O)CC1. The lowest BCUT2D eigenvalue weighted by Crippen LogP contribution is -2.36. The molecule has 0 spiro atoms. The Labute approximate surface area is 101 Å². The first-order valence-corrected chi connectivity index (χ1v) is 7.29. The van der Waals surface area contributed by atoms with Crippen LogP contribution in [-0.4, -0.2) is 11.2 Å². The summed E-state index contributed by atoms with van der Waals surface area (Å²) in [4.78, 5) is 0. The zero-order valence-electron chi connectivity index (χ0n) is 11.0. The van der Waals surface area contributed by atoms with Crippen LogP contribution in [0.5, 0.6) is 0 Å². The van der Waals surface area contributed by atoms with Gasteiger partial charge < -0.3 is 5.11 Å². The lowest BCUT2D eigenvalue weighted by molar-refractivity contribution is 0.0219. The second-order valence-electron chi connectivity index (χ2n) is 6.66. The van der Waals surface area contributed by atoms with Crippen molar-refractivity contribution < 1.29 is 5.11 Å². The molecule has 0 heterocycles. The van der Waals surface area contributed by atoms with Gasteiger partial charge in [-0.05, 0) is 55.8 Å². The van der Waals surface area contributed by atoms with Crippen LogP contribution < -0.4 is 0 Å². The maximum Gasteiger partial charge on any atom is 0.0540 e. The Morgan fingerprint density at radius 2 is 1.25 bits per heavy atom. The van der Waals surface area contributed by atoms with E-state index in [-0.39, 0.29) is 6.10 Å². The van der Waals surface area contributed by atoms with E-state index in [9.17, 15) is 5.11 Å². The average Bonchev–Trinajstić information content (AvgIpc) is 2.31. The van der Waals surface area contributed by atoms with E-state index in [1.54, 1.807) is 0 Å². The van der Waals surface area contributed by atoms with Crippen LogP contribution in [0.15, 0.2) is 0 Å². The Morgan fingerprint density at radius 3 is 1.81 bits per heavy atom. The molecule has 1 nitrogen and oxygen atoms in total. The molecule has 0 atom stereocenters. The van der Waals surface area contributed by atoms with E-state index >= 15 is 0 Å². The van der Waals surface area contributed by atoms with Crippen molar-refractivity contribution in [2.75, 3.05) is 0 Å².